The normalized spacial score (nSPS) is 11.2. The summed E-state index contributed by atoms with van der Waals surface area (Å²) >= 11 is 0. The molecule has 0 saturated heterocycles. The third-order valence-corrected chi connectivity index (χ3v) is 3.07. The first-order chi connectivity index (χ1) is 11.2. The van der Waals surface area contributed by atoms with Crippen LogP contribution in [0.4, 0.5) is 0 Å². The van der Waals surface area contributed by atoms with E-state index in [2.05, 4.69) is 28.4 Å². The fourth-order valence-electron chi connectivity index (χ4n) is 1.84. The van der Waals surface area contributed by atoms with Crippen LogP contribution in [-0.4, -0.2) is 24.3 Å². The second kappa shape index (κ2) is 12.1. The van der Waals surface area contributed by atoms with Gasteiger partial charge in [0.05, 0.1) is 13.4 Å². The van der Waals surface area contributed by atoms with E-state index >= 15 is 0 Å². The van der Waals surface area contributed by atoms with E-state index in [-0.39, 0.29) is 0 Å². The monoisotopic (exact) mass is 314 g/mol. The van der Waals surface area contributed by atoms with Crippen molar-refractivity contribution in [2.45, 2.75) is 44.6 Å². The van der Waals surface area contributed by atoms with Gasteiger partial charge in [-0.3, -0.25) is 0 Å². The zero-order chi connectivity index (χ0) is 16.8. The van der Waals surface area contributed by atoms with E-state index in [1.807, 2.05) is 0 Å². The van der Waals surface area contributed by atoms with Crippen LogP contribution in [-0.2, 0) is 9.53 Å². The summed E-state index contributed by atoms with van der Waals surface area (Å²) in [6, 6.07) is 3.60. The number of allylic oxidation sites excluding steroid dienone is 2. The van der Waals surface area contributed by atoms with Gasteiger partial charge in [0.2, 0.25) is 0 Å². The van der Waals surface area contributed by atoms with Gasteiger partial charge in [-0.1, -0.05) is 37.0 Å². The number of carbonyl (C=O) groups excluding carboxylic acids is 1. The lowest BCUT2D eigenvalue weighted by molar-refractivity contribution is -0.150. The first-order valence-electron chi connectivity index (χ1n) is 7.68. The van der Waals surface area contributed by atoms with Crippen molar-refractivity contribution in [3.63, 3.8) is 0 Å². The molecule has 1 aromatic heterocycles. The summed E-state index contributed by atoms with van der Waals surface area (Å²) < 4.78 is 9.53. The highest BCUT2D eigenvalue weighted by molar-refractivity contribution is 5.74. The van der Waals surface area contributed by atoms with E-state index in [1.165, 1.54) is 7.11 Å². The van der Waals surface area contributed by atoms with Crippen LogP contribution >= 0.6 is 0 Å². The van der Waals surface area contributed by atoms with Gasteiger partial charge in [-0.05, 0) is 43.0 Å². The van der Waals surface area contributed by atoms with Gasteiger partial charge in [0, 0.05) is 6.42 Å². The average molecular weight is 314 g/mol. The maximum absolute atomic E-state index is 11.0. The lowest BCUT2D eigenvalue weighted by Crippen LogP contribution is -2.21. The molecule has 1 N–H and O–H groups in total. The molecule has 0 fully saturated rings. The van der Waals surface area contributed by atoms with Crippen molar-refractivity contribution < 1.29 is 19.1 Å². The fraction of sp³-hybridized carbons (Fsp3) is 0.421. The van der Waals surface area contributed by atoms with Gasteiger partial charge < -0.3 is 14.3 Å². The highest BCUT2D eigenvalue weighted by atomic mass is 16.5. The smallest absolute Gasteiger partial charge is 0.334 e. The molecule has 0 bridgehead atoms. The molecule has 0 aliphatic carbocycles. The first kappa shape index (κ1) is 18.6. The summed E-state index contributed by atoms with van der Waals surface area (Å²) in [4.78, 5) is 11.0. The number of aliphatic hydroxyl groups excluding tert-OH is 1. The van der Waals surface area contributed by atoms with Crippen LogP contribution in [0.1, 0.15) is 44.3 Å². The third kappa shape index (κ3) is 9.24. The molecule has 0 amide bonds. The van der Waals surface area contributed by atoms with Gasteiger partial charge in [0.1, 0.15) is 0 Å². The molecule has 1 aromatic rings. The molecular weight excluding hydrogens is 292 g/mol. The minimum Gasteiger partial charge on any atom is -0.467 e. The van der Waals surface area contributed by atoms with Gasteiger partial charge in [0.15, 0.2) is 11.9 Å². The Morgan fingerprint density at radius 2 is 2.09 bits per heavy atom. The zero-order valence-electron chi connectivity index (χ0n) is 13.4. The molecule has 1 rings (SSSR count). The molecule has 1 atom stereocenters. The summed E-state index contributed by atoms with van der Waals surface area (Å²) in [5.41, 5.74) is 0. The highest BCUT2D eigenvalue weighted by Gasteiger charge is 2.13. The third-order valence-electron chi connectivity index (χ3n) is 3.07. The van der Waals surface area contributed by atoms with Crippen molar-refractivity contribution in [3.8, 4) is 23.7 Å². The summed E-state index contributed by atoms with van der Waals surface area (Å²) in [5.74, 6) is 11.8. The Hall–Kier alpha value is -2.43. The lowest BCUT2D eigenvalue weighted by Gasteiger charge is -2.07. The van der Waals surface area contributed by atoms with Crippen LogP contribution < -0.4 is 0 Å². The Kier molecular flexibility index (Phi) is 9.83. The van der Waals surface area contributed by atoms with Crippen molar-refractivity contribution in [2.24, 2.45) is 0 Å². The summed E-state index contributed by atoms with van der Waals surface area (Å²) in [6.45, 7) is 0. The van der Waals surface area contributed by atoms with Gasteiger partial charge in [0.25, 0.3) is 0 Å². The molecule has 122 valence electrons. The molecule has 0 spiro atoms. The van der Waals surface area contributed by atoms with Crippen LogP contribution in [0.5, 0.6) is 0 Å². The number of furan rings is 1. The minimum atomic E-state index is -0.993. The number of methoxy groups -OCH3 is 1. The molecule has 1 unspecified atom stereocenters. The molecular formula is C19H22O4. The molecule has 0 radical (unpaired) electrons. The first-order valence-corrected chi connectivity index (χ1v) is 7.68. The Morgan fingerprint density at radius 1 is 1.30 bits per heavy atom. The number of hydrogen-bond acceptors (Lipinski definition) is 4. The number of rotatable bonds is 7. The van der Waals surface area contributed by atoms with Crippen molar-refractivity contribution in [3.05, 3.63) is 36.3 Å². The number of unbranched alkanes of at least 4 members (excludes halogenated alkanes) is 4. The number of esters is 1. The van der Waals surface area contributed by atoms with E-state index in [4.69, 9.17) is 4.42 Å². The molecule has 23 heavy (non-hydrogen) atoms. The highest BCUT2D eigenvalue weighted by Crippen LogP contribution is 2.07. The average Bonchev–Trinajstić information content (AvgIpc) is 3.08. The van der Waals surface area contributed by atoms with Gasteiger partial charge in [-0.25, -0.2) is 4.79 Å². The number of aliphatic hydroxyl groups is 1. The lowest BCUT2D eigenvalue weighted by atomic mass is 10.1. The maximum atomic E-state index is 11.0. The summed E-state index contributed by atoms with van der Waals surface area (Å²) in [6.07, 6.45) is 9.12. The predicted octanol–water partition coefficient (Wildman–Crippen LogP) is 3.07. The van der Waals surface area contributed by atoms with Gasteiger partial charge >= 0.3 is 5.97 Å². The van der Waals surface area contributed by atoms with E-state index in [0.717, 1.165) is 32.1 Å². The van der Waals surface area contributed by atoms with E-state index in [1.54, 1.807) is 30.5 Å². The molecule has 0 aliphatic heterocycles. The van der Waals surface area contributed by atoms with Crippen molar-refractivity contribution in [1.29, 1.82) is 0 Å². The largest absolute Gasteiger partial charge is 0.467 e. The maximum Gasteiger partial charge on any atom is 0.334 e. The Bertz CT molecular complexity index is 591. The molecule has 0 aliphatic rings. The second-order valence-corrected chi connectivity index (χ2v) is 4.89. The zero-order valence-corrected chi connectivity index (χ0v) is 13.4. The topological polar surface area (TPSA) is 59.7 Å². The molecule has 1 heterocycles. The van der Waals surface area contributed by atoms with Gasteiger partial charge in [-0.15, -0.1) is 0 Å². The van der Waals surface area contributed by atoms with E-state index in [9.17, 15) is 9.90 Å². The Balaban J connectivity index is 2.02. The van der Waals surface area contributed by atoms with Crippen LogP contribution in [0.3, 0.4) is 0 Å². The number of hydrogen-bond donors (Lipinski definition) is 1. The molecule has 0 saturated carbocycles. The Labute approximate surface area is 137 Å². The Morgan fingerprint density at radius 3 is 2.83 bits per heavy atom. The molecule has 4 nitrogen and oxygen atoms in total. The summed E-state index contributed by atoms with van der Waals surface area (Å²) in [7, 11) is 1.28. The van der Waals surface area contributed by atoms with Crippen LogP contribution in [0.15, 0.2) is 35.0 Å². The minimum absolute atomic E-state index is 0.454. The predicted molar refractivity (Wildman–Crippen MR) is 88.2 cm³/mol. The van der Waals surface area contributed by atoms with Crippen LogP contribution in [0.25, 0.3) is 0 Å². The van der Waals surface area contributed by atoms with Crippen molar-refractivity contribution in [2.75, 3.05) is 7.11 Å². The van der Waals surface area contributed by atoms with Gasteiger partial charge in [-0.2, -0.15) is 0 Å². The van der Waals surface area contributed by atoms with Crippen LogP contribution in [0.2, 0.25) is 0 Å². The van der Waals surface area contributed by atoms with Crippen LogP contribution in [0, 0.1) is 23.7 Å². The summed E-state index contributed by atoms with van der Waals surface area (Å²) in [5, 5.41) is 9.40. The standard InChI is InChI=1S/C19H22O4/c1-22-19(21)18(20)15-11-9-7-5-3-2-4-6-8-10-13-17-14-12-16-23-17/h6,8,12,14,16,18,20H,3,5,7,9,11,15H2,1H3. The second-order valence-electron chi connectivity index (χ2n) is 4.89. The fourth-order valence-corrected chi connectivity index (χ4v) is 1.84. The van der Waals surface area contributed by atoms with E-state index < -0.39 is 12.1 Å². The number of ether oxygens (including phenoxy) is 1. The molecule has 4 heteroatoms. The number of carbonyl (C=O) groups is 1. The SMILES string of the molecule is COC(=O)C(O)CCCCCCC#CC=CC#Cc1ccco1. The molecule has 0 aromatic carbocycles. The van der Waals surface area contributed by atoms with E-state index in [0.29, 0.717) is 12.2 Å². The van der Waals surface area contributed by atoms with Crippen molar-refractivity contribution in [1.82, 2.24) is 0 Å². The quantitative estimate of drug-likeness (QED) is 0.477. The van der Waals surface area contributed by atoms with Crippen molar-refractivity contribution >= 4 is 5.97 Å².